The van der Waals surface area contributed by atoms with E-state index in [0.717, 1.165) is 0 Å². The number of halogens is 6. The van der Waals surface area contributed by atoms with Crippen molar-refractivity contribution in [2.24, 2.45) is 0 Å². The molecule has 2 N–H and O–H groups in total. The van der Waals surface area contributed by atoms with E-state index in [0.29, 0.717) is 46.1 Å². The molecule has 0 aliphatic heterocycles. The number of hydroxylamine groups is 1. The average molecular weight is 660 g/mol. The predicted octanol–water partition coefficient (Wildman–Crippen LogP) is 6.34. The summed E-state index contributed by atoms with van der Waals surface area (Å²) in [5, 5.41) is 9.39. The fraction of sp³-hybridized carbons (Fsp3) is 0.235. The molecule has 2 aromatic rings. The van der Waals surface area contributed by atoms with Crippen LogP contribution in [0.3, 0.4) is 0 Å². The summed E-state index contributed by atoms with van der Waals surface area (Å²) in [6.45, 7) is 5.81. The van der Waals surface area contributed by atoms with Gasteiger partial charge in [-0.15, -0.1) is 0 Å². The topological polar surface area (TPSA) is 85.6 Å². The first-order valence-corrected chi connectivity index (χ1v) is 14.1. The highest BCUT2D eigenvalue weighted by atomic mass is 19.4. The van der Waals surface area contributed by atoms with Gasteiger partial charge in [0.1, 0.15) is 17.0 Å². The third-order valence-corrected chi connectivity index (χ3v) is 7.43. The van der Waals surface area contributed by atoms with Crippen molar-refractivity contribution in [3.8, 4) is 0 Å². The number of benzene rings is 1. The van der Waals surface area contributed by atoms with Crippen LogP contribution in [-0.4, -0.2) is 47.2 Å². The van der Waals surface area contributed by atoms with Crippen LogP contribution >= 0.6 is 0 Å². The number of alkyl halides is 6. The third-order valence-electron chi connectivity index (χ3n) is 7.43. The molecule has 0 atom stereocenters. The van der Waals surface area contributed by atoms with E-state index >= 15 is 0 Å². The number of hydrogen-bond donors (Lipinski definition) is 2. The smallest absolute Gasteiger partial charge is 0.416 e. The van der Waals surface area contributed by atoms with Crippen LogP contribution in [0.1, 0.15) is 41.4 Å². The van der Waals surface area contributed by atoms with Gasteiger partial charge in [-0.2, -0.15) is 26.3 Å². The molecule has 0 saturated heterocycles. The van der Waals surface area contributed by atoms with E-state index < -0.39 is 35.8 Å². The van der Waals surface area contributed by atoms with Crippen molar-refractivity contribution in [1.29, 1.82) is 0 Å². The molecule has 4 rings (SSSR count). The minimum atomic E-state index is -5.06. The number of allylic oxidation sites excluding steroid dienone is 11. The van der Waals surface area contributed by atoms with Crippen molar-refractivity contribution in [3.63, 3.8) is 0 Å². The summed E-state index contributed by atoms with van der Waals surface area (Å²) in [4.78, 5) is 16.6. The Balaban J connectivity index is 2.10. The minimum Gasteiger partial charge on any atom is -0.497 e. The number of nitrogens with zero attached hydrogens (tertiary/aromatic N) is 2. The van der Waals surface area contributed by atoms with Gasteiger partial charge in [0.25, 0.3) is 5.91 Å². The normalized spacial score (nSPS) is 18.1. The largest absolute Gasteiger partial charge is 0.497 e. The summed E-state index contributed by atoms with van der Waals surface area (Å²) in [6, 6.07) is 5.95. The van der Waals surface area contributed by atoms with Gasteiger partial charge in [-0.1, -0.05) is 24.8 Å². The maximum absolute atomic E-state index is 14.0. The Morgan fingerprint density at radius 1 is 1.04 bits per heavy atom. The van der Waals surface area contributed by atoms with Gasteiger partial charge < -0.3 is 14.0 Å². The van der Waals surface area contributed by atoms with Crippen molar-refractivity contribution < 1.29 is 45.8 Å². The Morgan fingerprint density at radius 3 is 2.28 bits per heavy atom. The Hall–Kier alpha value is -5.04. The van der Waals surface area contributed by atoms with Crippen LogP contribution < -0.4 is 16.3 Å². The van der Waals surface area contributed by atoms with Gasteiger partial charge in [0.2, 0.25) is 0 Å². The molecule has 2 aliphatic rings. The van der Waals surface area contributed by atoms with E-state index in [1.54, 1.807) is 60.1 Å². The number of carbonyl (C=O) groups is 1. The van der Waals surface area contributed by atoms with E-state index in [1.165, 1.54) is 31.8 Å². The molecule has 0 unspecified atom stereocenters. The number of nitrogens with one attached hydrogen (secondary N) is 1. The fourth-order valence-electron chi connectivity index (χ4n) is 5.02. The highest BCUT2D eigenvalue weighted by molar-refractivity contribution is 5.93. The number of aromatic nitrogens is 2. The lowest BCUT2D eigenvalue weighted by Crippen LogP contribution is -2.33. The van der Waals surface area contributed by atoms with Gasteiger partial charge in [-0.05, 0) is 84.7 Å². The van der Waals surface area contributed by atoms with Gasteiger partial charge in [0.05, 0.1) is 30.8 Å². The first-order valence-electron chi connectivity index (χ1n) is 14.1. The Morgan fingerprint density at radius 2 is 1.74 bits per heavy atom. The van der Waals surface area contributed by atoms with Gasteiger partial charge in [-0.25, -0.2) is 10.5 Å². The molecule has 13 heteroatoms. The summed E-state index contributed by atoms with van der Waals surface area (Å²) in [7, 11) is 2.96. The van der Waals surface area contributed by atoms with Crippen molar-refractivity contribution in [2.45, 2.75) is 38.7 Å². The number of rotatable bonds is 8. The lowest BCUT2D eigenvalue weighted by atomic mass is 9.94. The van der Waals surface area contributed by atoms with Gasteiger partial charge in [0.15, 0.2) is 0 Å². The fourth-order valence-corrected chi connectivity index (χ4v) is 5.02. The zero-order chi connectivity index (χ0) is 34.5. The second-order valence-corrected chi connectivity index (χ2v) is 10.5. The van der Waals surface area contributed by atoms with Crippen LogP contribution in [0, 0.1) is 0 Å². The van der Waals surface area contributed by atoms with Gasteiger partial charge in [-0.3, -0.25) is 10.0 Å². The molecule has 248 valence electrons. The van der Waals surface area contributed by atoms with Crippen LogP contribution in [0.4, 0.5) is 26.3 Å². The molecule has 2 aliphatic carbocycles. The summed E-state index contributed by atoms with van der Waals surface area (Å²) in [6.07, 6.45) is 0.242. The molecular weight excluding hydrogens is 628 g/mol. The number of ether oxygens (including phenoxy) is 2. The Labute approximate surface area is 266 Å². The molecule has 0 fully saturated rings. The highest BCUT2D eigenvalue weighted by Crippen LogP contribution is 2.39. The van der Waals surface area contributed by atoms with Crippen LogP contribution in [0.15, 0.2) is 102 Å². The van der Waals surface area contributed by atoms with E-state index in [4.69, 9.17) is 14.7 Å². The number of amides is 1. The first kappa shape index (κ1) is 34.8. The monoisotopic (exact) mass is 659 g/mol. The van der Waals surface area contributed by atoms with Crippen LogP contribution in [-0.2, 0) is 16.0 Å². The maximum atomic E-state index is 14.0. The minimum absolute atomic E-state index is 0.0597. The molecule has 1 amide bonds. The molecule has 0 radical (unpaired) electrons. The molecule has 1 aromatic heterocycles. The Kier molecular flexibility index (Phi) is 10.5. The molecule has 1 heterocycles. The van der Waals surface area contributed by atoms with Crippen LogP contribution in [0.25, 0.3) is 16.7 Å². The predicted molar refractivity (Wildman–Crippen MR) is 164 cm³/mol. The molecule has 47 heavy (non-hydrogen) atoms. The molecule has 0 spiro atoms. The molecular formula is C34H31F6N3O4. The summed E-state index contributed by atoms with van der Waals surface area (Å²) in [5.74, 6) is 0.284. The SMILES string of the molecule is C=C(/C=C\C(=C/C)OC)c1nc(=C2C=C(C(F)(F)F)C=C(C(F)(F)F)C2)n(Cc2ccc(C(=O)NO)cc2)c1=C1C=CC(OC)=CC1. The van der Waals surface area contributed by atoms with E-state index in [1.807, 2.05) is 0 Å². The lowest BCUT2D eigenvalue weighted by Gasteiger charge is -2.20. The zero-order valence-corrected chi connectivity index (χ0v) is 25.6. The molecule has 1 aromatic carbocycles. The maximum Gasteiger partial charge on any atom is 0.416 e. The number of methoxy groups -OCH3 is 2. The van der Waals surface area contributed by atoms with E-state index in [-0.39, 0.29) is 34.9 Å². The number of carbonyl (C=O) groups excluding carboxylic acids is 1. The second kappa shape index (κ2) is 14.2. The second-order valence-electron chi connectivity index (χ2n) is 10.5. The van der Waals surface area contributed by atoms with Crippen molar-refractivity contribution in [3.05, 3.63) is 130 Å². The van der Waals surface area contributed by atoms with Crippen LogP contribution in [0.5, 0.6) is 0 Å². The number of hydrogen-bond acceptors (Lipinski definition) is 5. The third kappa shape index (κ3) is 8.04. The molecule has 0 bridgehead atoms. The zero-order valence-electron chi connectivity index (χ0n) is 25.6. The highest BCUT2D eigenvalue weighted by Gasteiger charge is 2.41. The Bertz CT molecular complexity index is 1870. The summed E-state index contributed by atoms with van der Waals surface area (Å²) in [5.41, 5.74) is 0.134. The summed E-state index contributed by atoms with van der Waals surface area (Å²) >= 11 is 0. The quantitative estimate of drug-likeness (QED) is 0.114. The lowest BCUT2D eigenvalue weighted by molar-refractivity contribution is -0.0970. The van der Waals surface area contributed by atoms with E-state index in [9.17, 15) is 31.1 Å². The molecule has 0 saturated carbocycles. The standard InChI is InChI=1S/C34H31F6N3O4/c1-5-27(46-3)13-6-20(2)29-30(22-11-14-28(47-4)15-12-22)43(19-21-7-9-23(10-8-21)32(44)42-45)31(41-29)24-16-25(33(35,36)37)18-26(17-24)34(38,39)40/h5-11,13-16,18,45H,2,12,17,19H2,1,3-4H3,(H,42,44)/b13-6-,27-5+,30-22?,31-24?. The van der Waals surface area contributed by atoms with Crippen molar-refractivity contribution in [1.82, 2.24) is 15.0 Å². The molecule has 7 nitrogen and oxygen atoms in total. The van der Waals surface area contributed by atoms with Crippen LogP contribution in [0.2, 0.25) is 0 Å². The summed E-state index contributed by atoms with van der Waals surface area (Å²) < 4.78 is 95.9. The van der Waals surface area contributed by atoms with Crippen molar-refractivity contribution >= 4 is 22.6 Å². The first-order chi connectivity index (χ1) is 22.2. The van der Waals surface area contributed by atoms with Gasteiger partial charge in [0, 0.05) is 29.7 Å². The van der Waals surface area contributed by atoms with Crippen molar-refractivity contribution in [2.75, 3.05) is 14.2 Å². The number of imidazole rings is 1. The van der Waals surface area contributed by atoms with Gasteiger partial charge >= 0.3 is 12.4 Å². The average Bonchev–Trinajstić information content (AvgIpc) is 3.43. The van der Waals surface area contributed by atoms with E-state index in [2.05, 4.69) is 11.6 Å².